The highest BCUT2D eigenvalue weighted by Crippen LogP contribution is 2.29. The summed E-state index contributed by atoms with van der Waals surface area (Å²) in [6.07, 6.45) is 5.50. The molecule has 0 heterocycles. The number of benzene rings is 2. The SMILES string of the molecule is CC(C)c1ccc(OCC(=O)N(Cc2ccc(Br)cc2)C(C)C(=O)NC2CCCCC2)c(Br)c1. The van der Waals surface area contributed by atoms with E-state index in [1.165, 1.54) is 12.0 Å². The van der Waals surface area contributed by atoms with Gasteiger partial charge in [0, 0.05) is 17.1 Å². The second-order valence-electron chi connectivity index (χ2n) is 9.30. The van der Waals surface area contributed by atoms with Gasteiger partial charge < -0.3 is 15.0 Å². The van der Waals surface area contributed by atoms with E-state index < -0.39 is 6.04 Å². The molecule has 2 aromatic carbocycles. The summed E-state index contributed by atoms with van der Waals surface area (Å²) in [5, 5.41) is 3.16. The number of amides is 2. The average molecular weight is 594 g/mol. The van der Waals surface area contributed by atoms with Crippen LogP contribution in [0.3, 0.4) is 0 Å². The Bertz CT molecular complexity index is 972. The zero-order valence-electron chi connectivity index (χ0n) is 20.2. The molecule has 184 valence electrons. The molecule has 1 aliphatic rings. The minimum atomic E-state index is -0.603. The van der Waals surface area contributed by atoms with Gasteiger partial charge in [-0.2, -0.15) is 0 Å². The smallest absolute Gasteiger partial charge is 0.261 e. The molecule has 5 nitrogen and oxygen atoms in total. The lowest BCUT2D eigenvalue weighted by atomic mass is 9.95. The van der Waals surface area contributed by atoms with Crippen LogP contribution in [0.2, 0.25) is 0 Å². The third-order valence-electron chi connectivity index (χ3n) is 6.36. The molecule has 0 bridgehead atoms. The van der Waals surface area contributed by atoms with Gasteiger partial charge in [-0.1, -0.05) is 67.2 Å². The second-order valence-corrected chi connectivity index (χ2v) is 11.1. The molecule has 1 fully saturated rings. The molecule has 1 atom stereocenters. The van der Waals surface area contributed by atoms with Crippen molar-refractivity contribution in [3.8, 4) is 5.75 Å². The number of hydrogen-bond donors (Lipinski definition) is 1. The first-order valence-corrected chi connectivity index (χ1v) is 13.6. The number of ether oxygens (including phenoxy) is 1. The molecule has 34 heavy (non-hydrogen) atoms. The fraction of sp³-hybridized carbons (Fsp3) is 0.481. The number of rotatable bonds is 9. The van der Waals surface area contributed by atoms with Gasteiger partial charge in [0.25, 0.3) is 5.91 Å². The highest BCUT2D eigenvalue weighted by molar-refractivity contribution is 9.10. The third-order valence-corrected chi connectivity index (χ3v) is 7.51. The Morgan fingerprint density at radius 2 is 1.71 bits per heavy atom. The van der Waals surface area contributed by atoms with Gasteiger partial charge in [-0.15, -0.1) is 0 Å². The molecule has 7 heteroatoms. The van der Waals surface area contributed by atoms with Gasteiger partial charge in [-0.05, 0) is 77.0 Å². The zero-order valence-corrected chi connectivity index (χ0v) is 23.3. The van der Waals surface area contributed by atoms with Gasteiger partial charge >= 0.3 is 0 Å². The fourth-order valence-corrected chi connectivity index (χ4v) is 4.93. The van der Waals surface area contributed by atoms with Crippen LogP contribution in [0.1, 0.15) is 69.9 Å². The Morgan fingerprint density at radius 1 is 1.03 bits per heavy atom. The van der Waals surface area contributed by atoms with Crippen molar-refractivity contribution < 1.29 is 14.3 Å². The topological polar surface area (TPSA) is 58.6 Å². The number of nitrogens with one attached hydrogen (secondary N) is 1. The Morgan fingerprint density at radius 3 is 2.32 bits per heavy atom. The summed E-state index contributed by atoms with van der Waals surface area (Å²) >= 11 is 7.00. The molecule has 0 radical (unpaired) electrons. The molecule has 3 rings (SSSR count). The molecular formula is C27H34Br2N2O3. The Kier molecular flexibility index (Phi) is 10.0. The Labute approximate surface area is 219 Å². The van der Waals surface area contributed by atoms with Gasteiger partial charge in [0.05, 0.1) is 4.47 Å². The first-order valence-electron chi connectivity index (χ1n) is 12.0. The first-order chi connectivity index (χ1) is 16.2. The number of hydrogen-bond acceptors (Lipinski definition) is 3. The average Bonchev–Trinajstić information content (AvgIpc) is 2.82. The van der Waals surface area contributed by atoms with Crippen molar-refractivity contribution in [2.45, 2.75) is 77.4 Å². The number of carbonyl (C=O) groups excluding carboxylic acids is 2. The number of carbonyl (C=O) groups is 2. The predicted octanol–water partition coefficient (Wildman–Crippen LogP) is 6.58. The van der Waals surface area contributed by atoms with E-state index in [1.54, 1.807) is 11.8 Å². The van der Waals surface area contributed by atoms with E-state index in [9.17, 15) is 9.59 Å². The summed E-state index contributed by atoms with van der Waals surface area (Å²) in [4.78, 5) is 28.0. The summed E-state index contributed by atoms with van der Waals surface area (Å²) in [5.74, 6) is 0.673. The maximum Gasteiger partial charge on any atom is 0.261 e. The van der Waals surface area contributed by atoms with Gasteiger partial charge in [0.15, 0.2) is 6.61 Å². The van der Waals surface area contributed by atoms with E-state index in [1.807, 2.05) is 42.5 Å². The van der Waals surface area contributed by atoms with Gasteiger partial charge in [0.1, 0.15) is 11.8 Å². The molecule has 1 saturated carbocycles. The van der Waals surface area contributed by atoms with Crippen molar-refractivity contribution in [1.82, 2.24) is 10.2 Å². The van der Waals surface area contributed by atoms with E-state index in [4.69, 9.17) is 4.74 Å². The quantitative estimate of drug-likeness (QED) is 0.357. The highest BCUT2D eigenvalue weighted by Gasteiger charge is 2.28. The van der Waals surface area contributed by atoms with Crippen LogP contribution < -0.4 is 10.1 Å². The lowest BCUT2D eigenvalue weighted by Gasteiger charge is -2.31. The zero-order chi connectivity index (χ0) is 24.7. The van der Waals surface area contributed by atoms with Crippen molar-refractivity contribution in [3.05, 3.63) is 62.5 Å². The molecule has 1 unspecified atom stereocenters. The van der Waals surface area contributed by atoms with Crippen molar-refractivity contribution in [2.24, 2.45) is 0 Å². The summed E-state index contributed by atoms with van der Waals surface area (Å²) in [6, 6.07) is 13.3. The van der Waals surface area contributed by atoms with Crippen molar-refractivity contribution in [1.29, 1.82) is 0 Å². The van der Waals surface area contributed by atoms with Crippen molar-refractivity contribution in [3.63, 3.8) is 0 Å². The van der Waals surface area contributed by atoms with E-state index in [0.717, 1.165) is 40.2 Å². The van der Waals surface area contributed by atoms with Crippen molar-refractivity contribution >= 4 is 43.7 Å². The van der Waals surface area contributed by atoms with Crippen LogP contribution in [-0.2, 0) is 16.1 Å². The Hall–Kier alpha value is -1.86. The number of halogens is 2. The summed E-state index contributed by atoms with van der Waals surface area (Å²) < 4.78 is 7.66. The van der Waals surface area contributed by atoms with Crippen LogP contribution in [0.15, 0.2) is 51.4 Å². The van der Waals surface area contributed by atoms with E-state index >= 15 is 0 Å². The van der Waals surface area contributed by atoms with E-state index in [-0.39, 0.29) is 24.5 Å². The van der Waals surface area contributed by atoms with Gasteiger partial charge in [-0.3, -0.25) is 9.59 Å². The number of nitrogens with zero attached hydrogens (tertiary/aromatic N) is 1. The minimum Gasteiger partial charge on any atom is -0.483 e. The van der Waals surface area contributed by atoms with Crippen LogP contribution in [0.4, 0.5) is 0 Å². The summed E-state index contributed by atoms with van der Waals surface area (Å²) in [5.41, 5.74) is 2.15. The van der Waals surface area contributed by atoms with Gasteiger partial charge in [-0.25, -0.2) is 0 Å². The van der Waals surface area contributed by atoms with Gasteiger partial charge in [0.2, 0.25) is 5.91 Å². The maximum absolute atomic E-state index is 13.3. The molecule has 2 aromatic rings. The van der Waals surface area contributed by atoms with E-state index in [0.29, 0.717) is 18.2 Å². The summed E-state index contributed by atoms with van der Waals surface area (Å²) in [7, 11) is 0. The lowest BCUT2D eigenvalue weighted by molar-refractivity contribution is -0.142. The molecule has 0 saturated heterocycles. The first kappa shape index (κ1) is 26.7. The fourth-order valence-electron chi connectivity index (χ4n) is 4.15. The molecule has 2 amide bonds. The van der Waals surface area contributed by atoms with Crippen molar-refractivity contribution in [2.75, 3.05) is 6.61 Å². The molecular weight excluding hydrogens is 560 g/mol. The maximum atomic E-state index is 13.3. The molecule has 0 aromatic heterocycles. The van der Waals surface area contributed by atoms with E-state index in [2.05, 4.69) is 51.0 Å². The van der Waals surface area contributed by atoms with Crippen LogP contribution >= 0.6 is 31.9 Å². The monoisotopic (exact) mass is 592 g/mol. The molecule has 0 spiro atoms. The van der Waals surface area contributed by atoms with Crippen LogP contribution in [0, 0.1) is 0 Å². The Balaban J connectivity index is 1.71. The highest BCUT2D eigenvalue weighted by atomic mass is 79.9. The minimum absolute atomic E-state index is 0.111. The lowest BCUT2D eigenvalue weighted by Crippen LogP contribution is -2.51. The molecule has 0 aliphatic heterocycles. The summed E-state index contributed by atoms with van der Waals surface area (Å²) in [6.45, 7) is 6.25. The normalized spacial score (nSPS) is 15.1. The molecule has 1 N–H and O–H groups in total. The molecule has 1 aliphatic carbocycles. The van der Waals surface area contributed by atoms with Crippen LogP contribution in [0.5, 0.6) is 5.75 Å². The third kappa shape index (κ3) is 7.57. The van der Waals surface area contributed by atoms with Crippen LogP contribution in [0.25, 0.3) is 0 Å². The standard InChI is InChI=1S/C27H34Br2N2O3/c1-18(2)21-11-14-25(24(29)15-21)34-17-26(32)31(16-20-9-12-22(28)13-10-20)19(3)27(33)30-23-7-5-4-6-8-23/h9-15,18-19,23H,4-8,16-17H2,1-3H3,(H,30,33). The second kappa shape index (κ2) is 12.7. The predicted molar refractivity (Wildman–Crippen MR) is 143 cm³/mol. The van der Waals surface area contributed by atoms with Crippen LogP contribution in [-0.4, -0.2) is 35.4 Å². The largest absolute Gasteiger partial charge is 0.483 e.